The number of ether oxygens (including phenoxy) is 2. The van der Waals surface area contributed by atoms with Crippen molar-refractivity contribution < 1.29 is 9.47 Å². The molecule has 98 valence electrons. The topological polar surface area (TPSA) is 35.4 Å². The monoisotopic (exact) mass is 240 g/mol. The first-order valence-electron chi connectivity index (χ1n) is 6.29. The quantitative estimate of drug-likeness (QED) is 0.632. The number of aromatic nitrogens is 1. The molecule has 0 radical (unpaired) electrons. The van der Waals surface area contributed by atoms with E-state index in [0.717, 1.165) is 45.9 Å². The van der Waals surface area contributed by atoms with E-state index >= 15 is 0 Å². The summed E-state index contributed by atoms with van der Waals surface area (Å²) in [6.45, 7) is 7.30. The summed E-state index contributed by atoms with van der Waals surface area (Å²) in [4.78, 5) is 0. The predicted molar refractivity (Wildman–Crippen MR) is 69.1 cm³/mol. The van der Waals surface area contributed by atoms with Crippen LogP contribution in [0, 0.1) is 0 Å². The lowest BCUT2D eigenvalue weighted by Gasteiger charge is -2.05. The molecule has 0 aliphatic heterocycles. The van der Waals surface area contributed by atoms with Gasteiger partial charge in [0.15, 0.2) is 0 Å². The van der Waals surface area contributed by atoms with E-state index in [1.165, 1.54) is 5.56 Å². The lowest BCUT2D eigenvalue weighted by atomic mass is 10.3. The summed E-state index contributed by atoms with van der Waals surface area (Å²) < 4.78 is 12.6. The zero-order valence-corrected chi connectivity index (χ0v) is 10.9. The van der Waals surface area contributed by atoms with E-state index in [-0.39, 0.29) is 0 Å². The maximum absolute atomic E-state index is 5.51. The van der Waals surface area contributed by atoms with Gasteiger partial charge in [0.25, 0.3) is 0 Å². The molecule has 0 saturated heterocycles. The summed E-state index contributed by atoms with van der Waals surface area (Å²) in [5.74, 6) is 0. The number of nitrogens with zero attached hydrogens (tertiary/aromatic N) is 1. The van der Waals surface area contributed by atoms with Gasteiger partial charge in [-0.15, -0.1) is 0 Å². The zero-order chi connectivity index (χ0) is 12.3. The maximum Gasteiger partial charge on any atom is 0.0645 e. The van der Waals surface area contributed by atoms with Crippen LogP contribution < -0.4 is 5.32 Å². The third-order valence-electron chi connectivity index (χ3n) is 2.52. The van der Waals surface area contributed by atoms with Crippen molar-refractivity contribution in [3.05, 3.63) is 24.0 Å². The van der Waals surface area contributed by atoms with E-state index < -0.39 is 0 Å². The molecule has 1 aromatic heterocycles. The van der Waals surface area contributed by atoms with Gasteiger partial charge in [0, 0.05) is 45.8 Å². The molecule has 1 aromatic rings. The van der Waals surface area contributed by atoms with Gasteiger partial charge >= 0.3 is 0 Å². The van der Waals surface area contributed by atoms with E-state index in [9.17, 15) is 0 Å². The minimum absolute atomic E-state index is 0.763. The largest absolute Gasteiger partial charge is 0.385 e. The minimum Gasteiger partial charge on any atom is -0.385 e. The van der Waals surface area contributed by atoms with E-state index in [2.05, 4.69) is 35.3 Å². The summed E-state index contributed by atoms with van der Waals surface area (Å²) in [6.07, 6.45) is 5.24. The highest BCUT2D eigenvalue weighted by Gasteiger charge is 1.96. The molecule has 0 amide bonds. The second-order valence-electron chi connectivity index (χ2n) is 4.00. The molecule has 0 saturated carbocycles. The summed E-state index contributed by atoms with van der Waals surface area (Å²) in [7, 11) is 1.71. The summed E-state index contributed by atoms with van der Waals surface area (Å²) in [5.41, 5.74) is 1.33. The molecule has 1 rings (SSSR count). The predicted octanol–water partition coefficient (Wildman–Crippen LogP) is 1.65. The Morgan fingerprint density at radius 2 is 2.18 bits per heavy atom. The van der Waals surface area contributed by atoms with E-state index in [0.29, 0.717) is 0 Å². The highest BCUT2D eigenvalue weighted by molar-refractivity contribution is 5.09. The zero-order valence-electron chi connectivity index (χ0n) is 10.9. The Hall–Kier alpha value is -0.840. The molecule has 17 heavy (non-hydrogen) atoms. The number of nitrogens with one attached hydrogen (secondary N) is 1. The lowest BCUT2D eigenvalue weighted by molar-refractivity contribution is 0.0977. The molecule has 1 heterocycles. The Balaban J connectivity index is 2.08. The Labute approximate surface area is 104 Å². The van der Waals surface area contributed by atoms with Crippen LogP contribution in [0.1, 0.15) is 18.9 Å². The third kappa shape index (κ3) is 6.46. The van der Waals surface area contributed by atoms with Gasteiger partial charge in [-0.2, -0.15) is 0 Å². The average Bonchev–Trinajstić information content (AvgIpc) is 2.79. The first kappa shape index (κ1) is 14.2. The SMILES string of the molecule is CCNCc1ccn(CCOCCCOC)c1. The van der Waals surface area contributed by atoms with Gasteiger partial charge in [0.05, 0.1) is 6.61 Å². The van der Waals surface area contributed by atoms with Gasteiger partial charge < -0.3 is 19.4 Å². The van der Waals surface area contributed by atoms with E-state index in [4.69, 9.17) is 9.47 Å². The normalized spacial score (nSPS) is 10.9. The number of hydrogen-bond donors (Lipinski definition) is 1. The number of rotatable bonds is 10. The van der Waals surface area contributed by atoms with Crippen molar-refractivity contribution >= 4 is 0 Å². The third-order valence-corrected chi connectivity index (χ3v) is 2.52. The van der Waals surface area contributed by atoms with Crippen molar-refractivity contribution in [3.63, 3.8) is 0 Å². The van der Waals surface area contributed by atoms with Crippen LogP contribution in [-0.2, 0) is 22.6 Å². The van der Waals surface area contributed by atoms with Crippen molar-refractivity contribution in [2.75, 3.05) is 33.5 Å². The summed E-state index contributed by atoms with van der Waals surface area (Å²) in [6, 6.07) is 2.15. The van der Waals surface area contributed by atoms with Gasteiger partial charge in [0.1, 0.15) is 0 Å². The van der Waals surface area contributed by atoms with Gasteiger partial charge in [-0.1, -0.05) is 6.92 Å². The van der Waals surface area contributed by atoms with Gasteiger partial charge in [0.2, 0.25) is 0 Å². The molecule has 1 N–H and O–H groups in total. The van der Waals surface area contributed by atoms with Gasteiger partial charge in [-0.05, 0) is 24.6 Å². The highest BCUT2D eigenvalue weighted by Crippen LogP contribution is 2.00. The van der Waals surface area contributed by atoms with Crippen LogP contribution in [0.4, 0.5) is 0 Å². The summed E-state index contributed by atoms with van der Waals surface area (Å²) in [5, 5.41) is 3.31. The molecule has 0 aliphatic rings. The fourth-order valence-electron chi connectivity index (χ4n) is 1.58. The number of methoxy groups -OCH3 is 1. The van der Waals surface area contributed by atoms with E-state index in [1.807, 2.05) is 0 Å². The van der Waals surface area contributed by atoms with Crippen LogP contribution in [0.15, 0.2) is 18.5 Å². The molecule has 0 fully saturated rings. The lowest BCUT2D eigenvalue weighted by Crippen LogP contribution is -2.11. The molecule has 0 atom stereocenters. The van der Waals surface area contributed by atoms with Gasteiger partial charge in [-0.3, -0.25) is 0 Å². The molecule has 0 spiro atoms. The first-order chi connectivity index (χ1) is 8.36. The van der Waals surface area contributed by atoms with Crippen LogP contribution in [0.3, 0.4) is 0 Å². The van der Waals surface area contributed by atoms with Crippen LogP contribution >= 0.6 is 0 Å². The molecule has 4 nitrogen and oxygen atoms in total. The van der Waals surface area contributed by atoms with Gasteiger partial charge in [-0.25, -0.2) is 0 Å². The van der Waals surface area contributed by atoms with Crippen molar-refractivity contribution in [2.24, 2.45) is 0 Å². The number of hydrogen-bond acceptors (Lipinski definition) is 3. The second kappa shape index (κ2) is 9.22. The maximum atomic E-state index is 5.51. The fourth-order valence-corrected chi connectivity index (χ4v) is 1.58. The van der Waals surface area contributed by atoms with Crippen molar-refractivity contribution in [1.29, 1.82) is 0 Å². The van der Waals surface area contributed by atoms with Crippen molar-refractivity contribution in [3.8, 4) is 0 Å². The smallest absolute Gasteiger partial charge is 0.0645 e. The van der Waals surface area contributed by atoms with Crippen LogP contribution in [0.25, 0.3) is 0 Å². The van der Waals surface area contributed by atoms with Crippen molar-refractivity contribution in [1.82, 2.24) is 9.88 Å². The van der Waals surface area contributed by atoms with Crippen molar-refractivity contribution in [2.45, 2.75) is 26.4 Å². The first-order valence-corrected chi connectivity index (χ1v) is 6.29. The molecule has 4 heteroatoms. The minimum atomic E-state index is 0.763. The van der Waals surface area contributed by atoms with Crippen LogP contribution in [0.2, 0.25) is 0 Å². The molecule has 0 unspecified atom stereocenters. The average molecular weight is 240 g/mol. The summed E-state index contributed by atoms with van der Waals surface area (Å²) >= 11 is 0. The highest BCUT2D eigenvalue weighted by atomic mass is 16.5. The fraction of sp³-hybridized carbons (Fsp3) is 0.692. The second-order valence-corrected chi connectivity index (χ2v) is 4.00. The Morgan fingerprint density at radius 3 is 2.94 bits per heavy atom. The molecular formula is C13H24N2O2. The van der Waals surface area contributed by atoms with Crippen LogP contribution in [-0.4, -0.2) is 38.0 Å². The van der Waals surface area contributed by atoms with Crippen LogP contribution in [0.5, 0.6) is 0 Å². The molecule has 0 bridgehead atoms. The molecular weight excluding hydrogens is 216 g/mol. The Bertz CT molecular complexity index is 287. The van der Waals surface area contributed by atoms with E-state index in [1.54, 1.807) is 7.11 Å². The standard InChI is InChI=1S/C13H24N2O2/c1-3-14-11-13-5-6-15(12-13)7-10-17-9-4-8-16-2/h5-6,12,14H,3-4,7-11H2,1-2H3. The molecule has 0 aromatic carbocycles. The molecule has 0 aliphatic carbocycles. The Morgan fingerprint density at radius 1 is 1.29 bits per heavy atom. The Kier molecular flexibility index (Phi) is 7.71.